The van der Waals surface area contributed by atoms with E-state index in [-0.39, 0.29) is 0 Å². The normalized spacial score (nSPS) is 10.6. The lowest BCUT2D eigenvalue weighted by atomic mass is 10.00. The van der Waals surface area contributed by atoms with Gasteiger partial charge in [-0.3, -0.25) is 14.7 Å². The minimum Gasteiger partial charge on any atom is -0.497 e. The second-order valence-electron chi connectivity index (χ2n) is 6.11. The number of hydrogen-bond donors (Lipinski definition) is 3. The predicted molar refractivity (Wildman–Crippen MR) is 101 cm³/mol. The minimum atomic E-state index is -0.589. The molecule has 0 aliphatic rings. The fraction of sp³-hybridized carbons (Fsp3) is 0.150. The maximum absolute atomic E-state index is 11.7. The number of ether oxygens (including phenoxy) is 1. The Hall–Kier alpha value is -3.61. The number of methoxy groups -OCH3 is 1. The quantitative estimate of drug-likeness (QED) is 0.593. The number of hydrogen-bond acceptors (Lipinski definition) is 4. The van der Waals surface area contributed by atoms with Crippen LogP contribution in [0.2, 0.25) is 0 Å². The van der Waals surface area contributed by atoms with Gasteiger partial charge in [0.2, 0.25) is 11.8 Å². The van der Waals surface area contributed by atoms with Crippen LogP contribution in [0.3, 0.4) is 0 Å². The first-order chi connectivity index (χ1) is 13.0. The van der Waals surface area contributed by atoms with Crippen molar-refractivity contribution < 1.29 is 14.3 Å². The van der Waals surface area contributed by atoms with Crippen molar-refractivity contribution in [2.24, 2.45) is 11.5 Å². The Morgan fingerprint density at radius 3 is 2.56 bits per heavy atom. The molecular formula is C20H20N4O3. The van der Waals surface area contributed by atoms with Gasteiger partial charge in [-0.05, 0) is 54.8 Å². The topological polar surface area (TPSA) is 124 Å². The van der Waals surface area contributed by atoms with Crippen LogP contribution in [0.1, 0.15) is 32.0 Å². The lowest BCUT2D eigenvalue weighted by molar-refractivity contribution is 0.0988. The lowest BCUT2D eigenvalue weighted by Gasteiger charge is -2.06. The average molecular weight is 364 g/mol. The van der Waals surface area contributed by atoms with Crippen molar-refractivity contribution in [3.63, 3.8) is 0 Å². The first kappa shape index (κ1) is 18.2. The molecule has 0 spiro atoms. The summed E-state index contributed by atoms with van der Waals surface area (Å²) in [6, 6.07) is 14.2. The Kier molecular flexibility index (Phi) is 5.21. The molecular weight excluding hydrogens is 344 g/mol. The summed E-state index contributed by atoms with van der Waals surface area (Å²) in [7, 11) is 1.63. The summed E-state index contributed by atoms with van der Waals surface area (Å²) in [5.74, 6) is -0.358. The van der Waals surface area contributed by atoms with E-state index in [0.29, 0.717) is 28.8 Å². The number of carbonyl (C=O) groups excluding carboxylic acids is 2. The number of nitrogens with two attached hydrogens (primary N) is 2. The number of carbonyl (C=O) groups is 2. The number of amides is 2. The Labute approximate surface area is 156 Å². The Morgan fingerprint density at radius 1 is 1.04 bits per heavy atom. The van der Waals surface area contributed by atoms with Crippen LogP contribution in [-0.4, -0.2) is 29.1 Å². The van der Waals surface area contributed by atoms with Gasteiger partial charge in [0, 0.05) is 16.7 Å². The van der Waals surface area contributed by atoms with Gasteiger partial charge in [-0.15, -0.1) is 0 Å². The van der Waals surface area contributed by atoms with Crippen molar-refractivity contribution in [1.82, 2.24) is 10.2 Å². The number of nitrogens with one attached hydrogen (secondary N) is 1. The summed E-state index contributed by atoms with van der Waals surface area (Å²) < 4.78 is 5.23. The molecule has 138 valence electrons. The van der Waals surface area contributed by atoms with Gasteiger partial charge in [0.25, 0.3) is 0 Å². The molecule has 1 aromatic heterocycles. The lowest BCUT2D eigenvalue weighted by Crippen LogP contribution is -2.15. The molecule has 0 radical (unpaired) electrons. The Morgan fingerprint density at radius 2 is 1.85 bits per heavy atom. The molecule has 3 aromatic rings. The van der Waals surface area contributed by atoms with E-state index in [4.69, 9.17) is 16.2 Å². The molecule has 7 heteroatoms. The van der Waals surface area contributed by atoms with Crippen LogP contribution in [0.4, 0.5) is 0 Å². The molecule has 2 aromatic carbocycles. The number of aromatic amines is 1. The summed E-state index contributed by atoms with van der Waals surface area (Å²) in [5.41, 5.74) is 14.4. The number of aryl methyl sites for hydroxylation is 2. The number of aromatic nitrogens is 2. The van der Waals surface area contributed by atoms with E-state index in [1.54, 1.807) is 13.2 Å². The van der Waals surface area contributed by atoms with E-state index < -0.39 is 11.8 Å². The third-order valence-corrected chi connectivity index (χ3v) is 4.29. The number of primary amides is 2. The zero-order valence-corrected chi connectivity index (χ0v) is 14.9. The van der Waals surface area contributed by atoms with E-state index in [1.165, 1.54) is 12.1 Å². The molecule has 0 fully saturated rings. The molecule has 5 N–H and O–H groups in total. The predicted octanol–water partition coefficient (Wildman–Crippen LogP) is 2.07. The van der Waals surface area contributed by atoms with E-state index in [0.717, 1.165) is 23.4 Å². The van der Waals surface area contributed by atoms with Crippen molar-refractivity contribution >= 4 is 11.8 Å². The largest absolute Gasteiger partial charge is 0.497 e. The molecule has 0 aliphatic heterocycles. The first-order valence-corrected chi connectivity index (χ1v) is 8.39. The van der Waals surface area contributed by atoms with E-state index in [2.05, 4.69) is 10.2 Å². The SMILES string of the molecule is COc1cccc(CCc2cc(-c3cc(C(N)=O)ccc3C(N)=O)[nH]n2)c1. The van der Waals surface area contributed by atoms with Gasteiger partial charge in [0.15, 0.2) is 0 Å². The second-order valence-corrected chi connectivity index (χ2v) is 6.11. The Balaban J connectivity index is 1.83. The van der Waals surface area contributed by atoms with Gasteiger partial charge in [0.1, 0.15) is 5.75 Å². The molecule has 1 heterocycles. The number of H-pyrrole nitrogens is 1. The molecule has 0 unspecified atom stereocenters. The van der Waals surface area contributed by atoms with Gasteiger partial charge in [-0.1, -0.05) is 12.1 Å². The van der Waals surface area contributed by atoms with Crippen molar-refractivity contribution in [2.75, 3.05) is 7.11 Å². The van der Waals surface area contributed by atoms with Crippen molar-refractivity contribution in [3.8, 4) is 17.0 Å². The van der Waals surface area contributed by atoms with Crippen LogP contribution in [0, 0.1) is 0 Å². The maximum atomic E-state index is 11.7. The molecule has 7 nitrogen and oxygen atoms in total. The molecule has 2 amide bonds. The third kappa shape index (κ3) is 4.14. The van der Waals surface area contributed by atoms with E-state index in [1.807, 2.05) is 30.3 Å². The van der Waals surface area contributed by atoms with Gasteiger partial charge < -0.3 is 16.2 Å². The Bertz CT molecular complexity index is 994. The number of benzene rings is 2. The third-order valence-electron chi connectivity index (χ3n) is 4.29. The molecule has 3 rings (SSSR count). The monoisotopic (exact) mass is 364 g/mol. The van der Waals surface area contributed by atoms with E-state index >= 15 is 0 Å². The van der Waals surface area contributed by atoms with Crippen molar-refractivity contribution in [1.29, 1.82) is 0 Å². The van der Waals surface area contributed by atoms with Gasteiger partial charge in [0.05, 0.1) is 18.5 Å². The zero-order chi connectivity index (χ0) is 19.4. The molecule has 0 bridgehead atoms. The maximum Gasteiger partial charge on any atom is 0.249 e. The molecule has 0 saturated carbocycles. The average Bonchev–Trinajstić information content (AvgIpc) is 3.15. The molecule has 0 saturated heterocycles. The highest BCUT2D eigenvalue weighted by molar-refractivity contribution is 6.02. The first-order valence-electron chi connectivity index (χ1n) is 8.39. The summed E-state index contributed by atoms with van der Waals surface area (Å²) in [4.78, 5) is 23.2. The van der Waals surface area contributed by atoms with Crippen LogP contribution >= 0.6 is 0 Å². The van der Waals surface area contributed by atoms with Gasteiger partial charge >= 0.3 is 0 Å². The summed E-state index contributed by atoms with van der Waals surface area (Å²) in [6.45, 7) is 0. The zero-order valence-electron chi connectivity index (χ0n) is 14.9. The summed E-state index contributed by atoms with van der Waals surface area (Å²) in [6.07, 6.45) is 1.48. The second kappa shape index (κ2) is 7.74. The van der Waals surface area contributed by atoms with Crippen molar-refractivity contribution in [3.05, 3.63) is 70.9 Å². The molecule has 0 aliphatic carbocycles. The molecule has 0 atom stereocenters. The van der Waals surface area contributed by atoms with E-state index in [9.17, 15) is 9.59 Å². The fourth-order valence-corrected chi connectivity index (χ4v) is 2.86. The number of nitrogens with zero attached hydrogens (tertiary/aromatic N) is 1. The highest BCUT2D eigenvalue weighted by Crippen LogP contribution is 2.24. The highest BCUT2D eigenvalue weighted by Gasteiger charge is 2.15. The van der Waals surface area contributed by atoms with Crippen LogP contribution in [-0.2, 0) is 12.8 Å². The van der Waals surface area contributed by atoms with Gasteiger partial charge in [-0.2, -0.15) is 5.10 Å². The summed E-state index contributed by atoms with van der Waals surface area (Å²) >= 11 is 0. The van der Waals surface area contributed by atoms with Crippen LogP contribution in [0.5, 0.6) is 5.75 Å². The van der Waals surface area contributed by atoms with Crippen LogP contribution < -0.4 is 16.2 Å². The summed E-state index contributed by atoms with van der Waals surface area (Å²) in [5, 5.41) is 7.21. The molecule has 27 heavy (non-hydrogen) atoms. The fourth-order valence-electron chi connectivity index (χ4n) is 2.86. The van der Waals surface area contributed by atoms with Gasteiger partial charge in [-0.25, -0.2) is 0 Å². The number of rotatable bonds is 7. The highest BCUT2D eigenvalue weighted by atomic mass is 16.5. The van der Waals surface area contributed by atoms with Crippen LogP contribution in [0.25, 0.3) is 11.3 Å². The van der Waals surface area contributed by atoms with Crippen molar-refractivity contribution in [2.45, 2.75) is 12.8 Å². The standard InChI is InChI=1S/C20H20N4O3/c1-27-15-4-2-3-12(9-15)5-7-14-11-18(24-23-14)17-10-13(19(21)25)6-8-16(17)20(22)26/h2-4,6,8-11H,5,7H2,1H3,(H2,21,25)(H2,22,26)(H,23,24). The smallest absolute Gasteiger partial charge is 0.249 e. The van der Waals surface area contributed by atoms with Crippen LogP contribution in [0.15, 0.2) is 48.5 Å². The minimum absolute atomic E-state index is 0.294.